The number of nitrogens with two attached hydrogens (primary N) is 1. The molecule has 0 aromatic heterocycles. The molecule has 1 fully saturated rings. The van der Waals surface area contributed by atoms with Crippen LogP contribution >= 0.6 is 0 Å². The van der Waals surface area contributed by atoms with Gasteiger partial charge in [0, 0.05) is 19.2 Å². The summed E-state index contributed by atoms with van der Waals surface area (Å²) in [6, 6.07) is 5.96. The molecule has 0 saturated carbocycles. The number of hydrogen-bond acceptors (Lipinski definition) is 3. The van der Waals surface area contributed by atoms with Crippen molar-refractivity contribution in [2.45, 2.75) is 26.2 Å². The van der Waals surface area contributed by atoms with Crippen molar-refractivity contribution in [1.29, 1.82) is 0 Å². The maximum Gasteiger partial charge on any atom is 0.121 e. The Labute approximate surface area is 104 Å². The topological polar surface area (TPSA) is 38.5 Å². The van der Waals surface area contributed by atoms with E-state index in [4.69, 9.17) is 10.5 Å². The summed E-state index contributed by atoms with van der Waals surface area (Å²) in [5.74, 6) is 1.72. The summed E-state index contributed by atoms with van der Waals surface area (Å²) >= 11 is 0. The van der Waals surface area contributed by atoms with Gasteiger partial charge < -0.3 is 15.4 Å². The molecule has 0 aliphatic carbocycles. The van der Waals surface area contributed by atoms with E-state index in [2.05, 4.69) is 17.9 Å². The zero-order valence-electron chi connectivity index (χ0n) is 10.8. The summed E-state index contributed by atoms with van der Waals surface area (Å²) in [7, 11) is 1.67. The Morgan fingerprint density at radius 3 is 2.59 bits per heavy atom. The molecule has 0 bridgehead atoms. The third-order valence-corrected chi connectivity index (χ3v) is 3.77. The molecule has 1 saturated heterocycles. The molecule has 1 aromatic carbocycles. The Morgan fingerprint density at radius 2 is 2.06 bits per heavy atom. The van der Waals surface area contributed by atoms with Crippen LogP contribution in [0.25, 0.3) is 0 Å². The van der Waals surface area contributed by atoms with Gasteiger partial charge in [-0.3, -0.25) is 0 Å². The number of hydrogen-bond donors (Lipinski definition) is 1. The highest BCUT2D eigenvalue weighted by atomic mass is 16.5. The molecular formula is C14H22N2O. The van der Waals surface area contributed by atoms with E-state index in [0.717, 1.165) is 36.1 Å². The average molecular weight is 234 g/mol. The molecule has 2 rings (SSSR count). The molecule has 0 unspecified atom stereocenters. The van der Waals surface area contributed by atoms with Gasteiger partial charge in [0.25, 0.3) is 0 Å². The van der Waals surface area contributed by atoms with Gasteiger partial charge in [0.1, 0.15) is 5.75 Å². The third-order valence-electron chi connectivity index (χ3n) is 3.77. The van der Waals surface area contributed by atoms with Gasteiger partial charge in [-0.05, 0) is 30.9 Å². The van der Waals surface area contributed by atoms with Gasteiger partial charge in [-0.25, -0.2) is 0 Å². The van der Waals surface area contributed by atoms with E-state index in [0.29, 0.717) is 0 Å². The molecule has 0 radical (unpaired) electrons. The lowest BCUT2D eigenvalue weighted by atomic mass is 9.94. The lowest BCUT2D eigenvalue weighted by Crippen LogP contribution is -2.33. The lowest BCUT2D eigenvalue weighted by Gasteiger charge is -2.34. The Balaban J connectivity index is 2.08. The van der Waals surface area contributed by atoms with Gasteiger partial charge >= 0.3 is 0 Å². The molecule has 3 heteroatoms. The van der Waals surface area contributed by atoms with E-state index in [1.807, 2.05) is 12.1 Å². The van der Waals surface area contributed by atoms with E-state index in [1.165, 1.54) is 19.3 Å². The first kappa shape index (κ1) is 12.1. The Bertz CT molecular complexity index is 370. The summed E-state index contributed by atoms with van der Waals surface area (Å²) in [4.78, 5) is 2.39. The molecule has 1 aliphatic heterocycles. The van der Waals surface area contributed by atoms with E-state index >= 15 is 0 Å². The SMILES string of the molecule is CCC1CCN(c2ccc(OC)cc2N)CC1. The summed E-state index contributed by atoms with van der Waals surface area (Å²) in [5.41, 5.74) is 8.05. The molecule has 0 atom stereocenters. The summed E-state index contributed by atoms with van der Waals surface area (Å²) < 4.78 is 5.17. The standard InChI is InChI=1S/C14H22N2O/c1-3-11-6-8-16(9-7-11)14-5-4-12(17-2)10-13(14)15/h4-5,10-11H,3,6-9,15H2,1-2H3. The number of nitrogens with zero attached hydrogens (tertiary/aromatic N) is 1. The fraction of sp³-hybridized carbons (Fsp3) is 0.571. The first-order chi connectivity index (χ1) is 8.24. The van der Waals surface area contributed by atoms with E-state index in [1.54, 1.807) is 7.11 Å². The number of anilines is 2. The fourth-order valence-corrected chi connectivity index (χ4v) is 2.53. The number of piperidine rings is 1. The maximum atomic E-state index is 6.07. The van der Waals surface area contributed by atoms with Crippen molar-refractivity contribution in [2.75, 3.05) is 30.8 Å². The highest BCUT2D eigenvalue weighted by Gasteiger charge is 2.19. The van der Waals surface area contributed by atoms with Gasteiger partial charge in [0.15, 0.2) is 0 Å². The van der Waals surface area contributed by atoms with Crippen molar-refractivity contribution in [3.05, 3.63) is 18.2 Å². The van der Waals surface area contributed by atoms with Crippen LogP contribution in [0.3, 0.4) is 0 Å². The normalized spacial score (nSPS) is 17.2. The molecule has 2 N–H and O–H groups in total. The number of benzene rings is 1. The highest BCUT2D eigenvalue weighted by Crippen LogP contribution is 2.31. The minimum atomic E-state index is 0.819. The smallest absolute Gasteiger partial charge is 0.121 e. The predicted octanol–water partition coefficient (Wildman–Crippen LogP) is 2.90. The molecule has 17 heavy (non-hydrogen) atoms. The number of ether oxygens (including phenoxy) is 1. The molecule has 3 nitrogen and oxygen atoms in total. The van der Waals surface area contributed by atoms with Crippen LogP contribution < -0.4 is 15.4 Å². The molecule has 0 amide bonds. The Kier molecular flexibility index (Phi) is 3.77. The van der Waals surface area contributed by atoms with Gasteiger partial charge in [0.2, 0.25) is 0 Å². The second kappa shape index (κ2) is 5.30. The van der Waals surface area contributed by atoms with Crippen LogP contribution in [-0.2, 0) is 0 Å². The maximum absolute atomic E-state index is 6.07. The van der Waals surface area contributed by atoms with Crippen LogP contribution in [0, 0.1) is 5.92 Å². The van der Waals surface area contributed by atoms with Crippen molar-refractivity contribution in [1.82, 2.24) is 0 Å². The van der Waals surface area contributed by atoms with Crippen molar-refractivity contribution in [2.24, 2.45) is 5.92 Å². The van der Waals surface area contributed by atoms with Crippen LogP contribution in [0.15, 0.2) is 18.2 Å². The predicted molar refractivity (Wildman–Crippen MR) is 72.6 cm³/mol. The third kappa shape index (κ3) is 2.65. The first-order valence-electron chi connectivity index (χ1n) is 6.43. The summed E-state index contributed by atoms with van der Waals surface area (Å²) in [5, 5.41) is 0. The zero-order valence-corrected chi connectivity index (χ0v) is 10.8. The molecule has 0 spiro atoms. The minimum absolute atomic E-state index is 0.819. The molecule has 1 aromatic rings. The monoisotopic (exact) mass is 234 g/mol. The van der Waals surface area contributed by atoms with Crippen molar-refractivity contribution >= 4 is 11.4 Å². The van der Waals surface area contributed by atoms with E-state index in [-0.39, 0.29) is 0 Å². The zero-order chi connectivity index (χ0) is 12.3. The summed E-state index contributed by atoms with van der Waals surface area (Å²) in [6.45, 7) is 4.52. The molecule has 1 aliphatic rings. The van der Waals surface area contributed by atoms with Crippen LogP contribution in [0.4, 0.5) is 11.4 Å². The van der Waals surface area contributed by atoms with Crippen LogP contribution in [-0.4, -0.2) is 20.2 Å². The quantitative estimate of drug-likeness (QED) is 0.817. The highest BCUT2D eigenvalue weighted by molar-refractivity contribution is 5.69. The van der Waals surface area contributed by atoms with Gasteiger partial charge in [-0.1, -0.05) is 13.3 Å². The molecule has 94 valence electrons. The van der Waals surface area contributed by atoms with Crippen molar-refractivity contribution in [3.8, 4) is 5.75 Å². The van der Waals surface area contributed by atoms with Crippen LogP contribution in [0.2, 0.25) is 0 Å². The first-order valence-corrected chi connectivity index (χ1v) is 6.43. The van der Waals surface area contributed by atoms with Crippen molar-refractivity contribution in [3.63, 3.8) is 0 Å². The largest absolute Gasteiger partial charge is 0.497 e. The van der Waals surface area contributed by atoms with Gasteiger partial charge in [0.05, 0.1) is 18.5 Å². The Hall–Kier alpha value is -1.38. The Morgan fingerprint density at radius 1 is 1.35 bits per heavy atom. The summed E-state index contributed by atoms with van der Waals surface area (Å²) in [6.07, 6.45) is 3.86. The van der Waals surface area contributed by atoms with E-state index in [9.17, 15) is 0 Å². The van der Waals surface area contributed by atoms with Crippen LogP contribution in [0.1, 0.15) is 26.2 Å². The average Bonchev–Trinajstić information content (AvgIpc) is 2.39. The second-order valence-corrected chi connectivity index (χ2v) is 4.76. The van der Waals surface area contributed by atoms with E-state index < -0.39 is 0 Å². The lowest BCUT2D eigenvalue weighted by molar-refractivity contribution is 0.395. The van der Waals surface area contributed by atoms with Crippen LogP contribution in [0.5, 0.6) is 5.75 Å². The number of rotatable bonds is 3. The minimum Gasteiger partial charge on any atom is -0.497 e. The second-order valence-electron chi connectivity index (χ2n) is 4.76. The molecular weight excluding hydrogens is 212 g/mol. The van der Waals surface area contributed by atoms with Gasteiger partial charge in [-0.2, -0.15) is 0 Å². The fourth-order valence-electron chi connectivity index (χ4n) is 2.53. The number of methoxy groups -OCH3 is 1. The molecule has 1 heterocycles. The van der Waals surface area contributed by atoms with Crippen molar-refractivity contribution < 1.29 is 4.74 Å². The van der Waals surface area contributed by atoms with Gasteiger partial charge in [-0.15, -0.1) is 0 Å². The number of nitrogen functional groups attached to an aromatic ring is 1.